The van der Waals surface area contributed by atoms with Gasteiger partial charge in [-0.25, -0.2) is 0 Å². The van der Waals surface area contributed by atoms with E-state index in [0.717, 1.165) is 11.1 Å². The summed E-state index contributed by atoms with van der Waals surface area (Å²) in [4.78, 5) is 0. The van der Waals surface area contributed by atoms with Crippen LogP contribution in [0, 0.1) is 0 Å². The van der Waals surface area contributed by atoms with Crippen molar-refractivity contribution in [3.05, 3.63) is 112 Å². The Labute approximate surface area is 174 Å². The van der Waals surface area contributed by atoms with Gasteiger partial charge in [-0.3, -0.25) is 0 Å². The van der Waals surface area contributed by atoms with Crippen molar-refractivity contribution in [3.63, 3.8) is 0 Å². The summed E-state index contributed by atoms with van der Waals surface area (Å²) in [7, 11) is -0.349. The molecule has 0 fully saturated rings. The van der Waals surface area contributed by atoms with Crippen molar-refractivity contribution < 1.29 is 9.68 Å². The number of benzene rings is 4. The van der Waals surface area contributed by atoms with Crippen LogP contribution < -0.4 is 4.65 Å². The van der Waals surface area contributed by atoms with E-state index in [1.165, 1.54) is 33.4 Å². The van der Waals surface area contributed by atoms with Crippen LogP contribution in [0.15, 0.2) is 84.9 Å². The maximum Gasteiger partial charge on any atom is 0.504 e. The molecule has 0 aromatic heterocycles. The molecule has 0 saturated carbocycles. The third-order valence-corrected chi connectivity index (χ3v) is 6.49. The molecule has 0 heterocycles. The summed E-state index contributed by atoms with van der Waals surface area (Å²) in [6, 6.07) is 29.6. The molecule has 0 saturated heterocycles. The highest BCUT2D eigenvalue weighted by Crippen LogP contribution is 2.63. The number of rotatable bonds is 2. The topological polar surface area (TPSA) is 29.5 Å². The van der Waals surface area contributed by atoms with Gasteiger partial charge in [0.25, 0.3) is 0 Å². The Morgan fingerprint density at radius 3 is 1.86 bits per heavy atom. The summed E-state index contributed by atoms with van der Waals surface area (Å²) in [5.41, 5.74) is 9.41. The van der Waals surface area contributed by atoms with Gasteiger partial charge in [-0.05, 0) is 68.8 Å². The molecule has 4 aromatic rings. The van der Waals surface area contributed by atoms with Gasteiger partial charge in [-0.1, -0.05) is 72.3 Å². The molecule has 138 valence electrons. The van der Waals surface area contributed by atoms with Crippen LogP contribution in [0.3, 0.4) is 0 Å². The Bertz CT molecular complexity index is 1250. The van der Waals surface area contributed by atoms with Crippen LogP contribution in [0.4, 0.5) is 0 Å². The minimum atomic E-state index is -0.375. The molecular formula is C25H16BClO2. The highest BCUT2D eigenvalue weighted by Gasteiger charge is 2.51. The summed E-state index contributed by atoms with van der Waals surface area (Å²) in [5.74, 6) is 0.647. The first-order valence-electron chi connectivity index (χ1n) is 9.63. The molecule has 0 aliphatic heterocycles. The lowest BCUT2D eigenvalue weighted by atomic mass is 9.70. The van der Waals surface area contributed by atoms with E-state index in [2.05, 4.69) is 60.7 Å². The van der Waals surface area contributed by atoms with Gasteiger partial charge < -0.3 is 9.68 Å². The van der Waals surface area contributed by atoms with Crippen LogP contribution in [-0.2, 0) is 5.41 Å². The summed E-state index contributed by atoms with van der Waals surface area (Å²) in [6.45, 7) is 0. The third kappa shape index (κ3) is 2.07. The van der Waals surface area contributed by atoms with E-state index in [1.54, 1.807) is 0 Å². The minimum Gasteiger partial charge on any atom is -0.539 e. The summed E-state index contributed by atoms with van der Waals surface area (Å²) >= 11 is 6.42. The Balaban J connectivity index is 1.79. The zero-order valence-electron chi connectivity index (χ0n) is 15.5. The highest BCUT2D eigenvalue weighted by molar-refractivity contribution is 6.31. The molecule has 4 aromatic carbocycles. The van der Waals surface area contributed by atoms with Gasteiger partial charge in [0, 0.05) is 5.02 Å². The van der Waals surface area contributed by atoms with Crippen LogP contribution in [-0.4, -0.2) is 12.7 Å². The molecule has 0 unspecified atom stereocenters. The van der Waals surface area contributed by atoms with Crippen LogP contribution >= 0.6 is 11.6 Å². The first-order chi connectivity index (χ1) is 14.2. The van der Waals surface area contributed by atoms with Crippen LogP contribution in [0.1, 0.15) is 22.3 Å². The Morgan fingerprint density at radius 1 is 0.655 bits per heavy atom. The van der Waals surface area contributed by atoms with Crippen molar-refractivity contribution in [1.82, 2.24) is 0 Å². The van der Waals surface area contributed by atoms with E-state index in [0.29, 0.717) is 10.8 Å². The Kier molecular flexibility index (Phi) is 3.49. The number of fused-ring (bicyclic) bond motifs is 10. The zero-order chi connectivity index (χ0) is 19.6. The average Bonchev–Trinajstić information content (AvgIpc) is 3.20. The summed E-state index contributed by atoms with van der Waals surface area (Å²) < 4.78 is 5.39. The predicted octanol–water partition coefficient (Wildman–Crippen LogP) is 5.32. The fourth-order valence-corrected chi connectivity index (χ4v) is 5.44. The van der Waals surface area contributed by atoms with Crippen molar-refractivity contribution in [1.29, 1.82) is 0 Å². The molecule has 1 spiro atoms. The predicted molar refractivity (Wildman–Crippen MR) is 118 cm³/mol. The lowest BCUT2D eigenvalue weighted by Crippen LogP contribution is -2.25. The van der Waals surface area contributed by atoms with Crippen molar-refractivity contribution in [2.75, 3.05) is 0 Å². The third-order valence-electron chi connectivity index (χ3n) is 6.25. The zero-order valence-corrected chi connectivity index (χ0v) is 16.3. The van der Waals surface area contributed by atoms with Crippen molar-refractivity contribution in [3.8, 4) is 28.0 Å². The van der Waals surface area contributed by atoms with Gasteiger partial charge in [0.2, 0.25) is 0 Å². The van der Waals surface area contributed by atoms with Gasteiger partial charge in [0.1, 0.15) is 5.75 Å². The number of hydrogen-bond acceptors (Lipinski definition) is 2. The molecule has 0 amide bonds. The lowest BCUT2D eigenvalue weighted by molar-refractivity contribution is 0.454. The summed E-state index contributed by atoms with van der Waals surface area (Å²) in [6.07, 6.45) is 0. The lowest BCUT2D eigenvalue weighted by Gasteiger charge is -2.30. The summed E-state index contributed by atoms with van der Waals surface area (Å²) in [5, 5.41) is 9.94. The second kappa shape index (κ2) is 5.99. The van der Waals surface area contributed by atoms with E-state index in [1.807, 2.05) is 24.3 Å². The molecule has 2 nitrogen and oxygen atoms in total. The largest absolute Gasteiger partial charge is 0.539 e. The molecule has 0 atom stereocenters. The fraction of sp³-hybridized carbons (Fsp3) is 0.0400. The molecule has 0 bridgehead atoms. The number of hydrogen-bond donors (Lipinski definition) is 1. The average molecular weight is 395 g/mol. The second-order valence-electron chi connectivity index (χ2n) is 7.51. The molecule has 2 aliphatic carbocycles. The fourth-order valence-electron chi connectivity index (χ4n) is 5.26. The van der Waals surface area contributed by atoms with E-state index in [4.69, 9.17) is 16.3 Å². The van der Waals surface area contributed by atoms with Gasteiger partial charge in [0.15, 0.2) is 0 Å². The van der Waals surface area contributed by atoms with E-state index >= 15 is 0 Å². The highest BCUT2D eigenvalue weighted by atomic mass is 35.5. The standard InChI is InChI=1S/C25H16BClO2/c27-15-9-11-23-19(13-15)20-14-16(29-26-28)10-12-24(20)25(23)21-7-3-1-5-17(21)18-6-2-4-8-22(18)25/h1-14,26,28H. The van der Waals surface area contributed by atoms with E-state index in [9.17, 15) is 5.02 Å². The van der Waals surface area contributed by atoms with Crippen LogP contribution in [0.5, 0.6) is 5.75 Å². The number of halogens is 1. The monoisotopic (exact) mass is 394 g/mol. The van der Waals surface area contributed by atoms with E-state index in [-0.39, 0.29) is 13.1 Å². The van der Waals surface area contributed by atoms with Crippen LogP contribution in [0.25, 0.3) is 22.3 Å². The van der Waals surface area contributed by atoms with Gasteiger partial charge >= 0.3 is 7.69 Å². The molecule has 2 aliphatic rings. The Morgan fingerprint density at radius 2 is 1.21 bits per heavy atom. The smallest absolute Gasteiger partial charge is 0.504 e. The second-order valence-corrected chi connectivity index (χ2v) is 7.95. The SMILES string of the molecule is OBOc1ccc2c(c1)-c1cc(Cl)ccc1C21c2ccccc2-c2ccccc21. The minimum absolute atomic E-state index is 0.349. The van der Waals surface area contributed by atoms with Crippen molar-refractivity contribution >= 4 is 19.3 Å². The molecular weight excluding hydrogens is 379 g/mol. The van der Waals surface area contributed by atoms with Crippen molar-refractivity contribution in [2.45, 2.75) is 5.41 Å². The molecule has 1 N–H and O–H groups in total. The van der Waals surface area contributed by atoms with Crippen molar-refractivity contribution in [2.24, 2.45) is 0 Å². The molecule has 6 rings (SSSR count). The first kappa shape index (κ1) is 16.9. The molecule has 0 radical (unpaired) electrons. The Hall–Kier alpha value is -3.01. The molecule has 29 heavy (non-hydrogen) atoms. The maximum atomic E-state index is 9.23. The maximum absolute atomic E-state index is 9.23. The van der Waals surface area contributed by atoms with Gasteiger partial charge in [-0.15, -0.1) is 0 Å². The van der Waals surface area contributed by atoms with Crippen LogP contribution in [0.2, 0.25) is 5.02 Å². The first-order valence-corrected chi connectivity index (χ1v) is 10.0. The van der Waals surface area contributed by atoms with Gasteiger partial charge in [0.05, 0.1) is 5.41 Å². The molecule has 4 heteroatoms. The van der Waals surface area contributed by atoms with Gasteiger partial charge in [-0.2, -0.15) is 0 Å². The quantitative estimate of drug-likeness (QED) is 0.403. The normalized spacial score (nSPS) is 14.1. The van der Waals surface area contributed by atoms with E-state index < -0.39 is 0 Å².